The molecule has 2 aromatic carbocycles. The lowest BCUT2D eigenvalue weighted by Gasteiger charge is -2.33. The van der Waals surface area contributed by atoms with Gasteiger partial charge in [0.25, 0.3) is 0 Å². The van der Waals surface area contributed by atoms with E-state index in [9.17, 15) is 9.59 Å². The quantitative estimate of drug-likeness (QED) is 0.575. The number of rotatable bonds is 0. The van der Waals surface area contributed by atoms with Crippen LogP contribution in [-0.2, 0) is 4.79 Å². The van der Waals surface area contributed by atoms with Crippen molar-refractivity contribution in [1.29, 1.82) is 0 Å². The number of carbonyl (C=O) groups excluding carboxylic acids is 2. The van der Waals surface area contributed by atoms with E-state index < -0.39 is 12.0 Å². The highest BCUT2D eigenvalue weighted by Gasteiger charge is 2.39. The second-order valence-electron chi connectivity index (χ2n) is 5.16. The fourth-order valence-electron chi connectivity index (χ4n) is 3.00. The minimum Gasteiger partial charge on any atom is -0.423 e. The third-order valence-corrected chi connectivity index (χ3v) is 3.91. The Balaban J connectivity index is 2.06. The van der Waals surface area contributed by atoms with E-state index in [0.29, 0.717) is 17.0 Å². The van der Waals surface area contributed by atoms with E-state index >= 15 is 0 Å². The Hall–Kier alpha value is -2.82. The fourth-order valence-corrected chi connectivity index (χ4v) is 3.00. The molecule has 0 saturated carbocycles. The van der Waals surface area contributed by atoms with Crippen LogP contribution in [0.2, 0.25) is 0 Å². The molecule has 1 atom stereocenters. The predicted molar refractivity (Wildman–Crippen MR) is 76.7 cm³/mol. The highest BCUT2D eigenvalue weighted by atomic mass is 16.5. The molecule has 5 heteroatoms. The summed E-state index contributed by atoms with van der Waals surface area (Å²) in [5, 5.41) is 7.45. The monoisotopic (exact) mass is 280 g/mol. The zero-order valence-electron chi connectivity index (χ0n) is 11.3. The maximum Gasteiger partial charge on any atom is 0.343 e. The van der Waals surface area contributed by atoms with E-state index in [0.717, 1.165) is 16.3 Å². The highest BCUT2D eigenvalue weighted by Crippen LogP contribution is 2.42. The number of hydrogen-bond donors (Lipinski definition) is 2. The fraction of sp³-hybridized carbons (Fsp3) is 0.125. The molecule has 1 unspecified atom stereocenters. The molecule has 0 fully saturated rings. The predicted octanol–water partition coefficient (Wildman–Crippen LogP) is 2.39. The Bertz CT molecular complexity index is 839. The minimum atomic E-state index is -0.471. The Morgan fingerprint density at radius 1 is 1.10 bits per heavy atom. The molecule has 2 aliphatic heterocycles. The first kappa shape index (κ1) is 12.0. The Kier molecular flexibility index (Phi) is 2.33. The SMILES string of the molecule is CC1=C2C(=O)Oc3ccc4ccccc4c3C2NC(=O)N1. The molecule has 2 heterocycles. The van der Waals surface area contributed by atoms with Gasteiger partial charge in [-0.1, -0.05) is 30.3 Å². The molecule has 4 rings (SSSR count). The second-order valence-corrected chi connectivity index (χ2v) is 5.16. The number of allylic oxidation sites excluding steroid dienone is 1. The lowest BCUT2D eigenvalue weighted by atomic mass is 9.89. The van der Waals surface area contributed by atoms with Gasteiger partial charge >= 0.3 is 12.0 Å². The van der Waals surface area contributed by atoms with Gasteiger partial charge in [-0.25, -0.2) is 9.59 Å². The molecule has 0 radical (unpaired) electrons. The molecular formula is C16H12N2O3. The van der Waals surface area contributed by atoms with Crippen molar-refractivity contribution in [2.75, 3.05) is 0 Å². The van der Waals surface area contributed by atoms with Crippen molar-refractivity contribution in [1.82, 2.24) is 10.6 Å². The van der Waals surface area contributed by atoms with E-state index in [1.807, 2.05) is 30.3 Å². The number of amides is 2. The number of ether oxygens (including phenoxy) is 1. The summed E-state index contributed by atoms with van der Waals surface area (Å²) in [4.78, 5) is 23.9. The number of urea groups is 1. The molecular weight excluding hydrogens is 268 g/mol. The van der Waals surface area contributed by atoms with Crippen molar-refractivity contribution in [3.05, 3.63) is 53.2 Å². The van der Waals surface area contributed by atoms with Crippen molar-refractivity contribution in [2.24, 2.45) is 0 Å². The average Bonchev–Trinajstić information content (AvgIpc) is 2.45. The van der Waals surface area contributed by atoms with Gasteiger partial charge in [-0.2, -0.15) is 0 Å². The Morgan fingerprint density at radius 2 is 1.90 bits per heavy atom. The summed E-state index contributed by atoms with van der Waals surface area (Å²) >= 11 is 0. The van der Waals surface area contributed by atoms with Gasteiger partial charge < -0.3 is 15.4 Å². The van der Waals surface area contributed by atoms with E-state index in [2.05, 4.69) is 10.6 Å². The van der Waals surface area contributed by atoms with Gasteiger partial charge in [-0.3, -0.25) is 0 Å². The van der Waals surface area contributed by atoms with Crippen molar-refractivity contribution in [3.8, 4) is 5.75 Å². The Labute approximate surface area is 120 Å². The van der Waals surface area contributed by atoms with Crippen LogP contribution in [0, 0.1) is 0 Å². The van der Waals surface area contributed by atoms with Crippen LogP contribution in [0.1, 0.15) is 18.5 Å². The lowest BCUT2D eigenvalue weighted by molar-refractivity contribution is -0.131. The van der Waals surface area contributed by atoms with Gasteiger partial charge in [0.05, 0.1) is 11.6 Å². The summed E-state index contributed by atoms with van der Waals surface area (Å²) in [5.41, 5.74) is 1.82. The van der Waals surface area contributed by atoms with Crippen molar-refractivity contribution >= 4 is 22.8 Å². The van der Waals surface area contributed by atoms with E-state index in [1.54, 1.807) is 13.0 Å². The maximum atomic E-state index is 12.2. The summed E-state index contributed by atoms with van der Waals surface area (Å²) in [6.45, 7) is 1.71. The molecule has 0 bridgehead atoms. The van der Waals surface area contributed by atoms with E-state index in [-0.39, 0.29) is 6.03 Å². The molecule has 0 saturated heterocycles. The highest BCUT2D eigenvalue weighted by molar-refractivity contribution is 6.01. The summed E-state index contributed by atoms with van der Waals surface area (Å²) in [6.07, 6.45) is 0. The Morgan fingerprint density at radius 3 is 2.76 bits per heavy atom. The molecule has 5 nitrogen and oxygen atoms in total. The van der Waals surface area contributed by atoms with Crippen molar-refractivity contribution in [2.45, 2.75) is 13.0 Å². The van der Waals surface area contributed by atoms with Crippen LogP contribution in [0.5, 0.6) is 5.75 Å². The topological polar surface area (TPSA) is 67.4 Å². The molecule has 0 aromatic heterocycles. The van der Waals surface area contributed by atoms with Crippen LogP contribution in [0.4, 0.5) is 4.79 Å². The van der Waals surface area contributed by atoms with Crippen LogP contribution in [0.3, 0.4) is 0 Å². The summed E-state index contributed by atoms with van der Waals surface area (Å²) < 4.78 is 5.43. The molecule has 2 N–H and O–H groups in total. The first-order valence-electron chi connectivity index (χ1n) is 6.67. The second kappa shape index (κ2) is 4.09. The zero-order chi connectivity index (χ0) is 14.6. The van der Waals surface area contributed by atoms with Gasteiger partial charge in [0.2, 0.25) is 0 Å². The number of esters is 1. The average molecular weight is 280 g/mol. The standard InChI is InChI=1S/C16H12N2O3/c1-8-12-14(18-16(20)17-8)13-10-5-3-2-4-9(10)6-7-11(13)21-15(12)19/h2-7,14H,1H3,(H2,17,18,20). The first-order valence-corrected chi connectivity index (χ1v) is 6.67. The lowest BCUT2D eigenvalue weighted by Crippen LogP contribution is -2.47. The molecule has 104 valence electrons. The van der Waals surface area contributed by atoms with Gasteiger partial charge in [0.1, 0.15) is 5.75 Å². The largest absolute Gasteiger partial charge is 0.423 e. The first-order chi connectivity index (χ1) is 10.1. The molecule has 0 aliphatic carbocycles. The van der Waals surface area contributed by atoms with Crippen molar-refractivity contribution < 1.29 is 14.3 Å². The van der Waals surface area contributed by atoms with E-state index in [4.69, 9.17) is 4.74 Å². The van der Waals surface area contributed by atoms with Crippen molar-refractivity contribution in [3.63, 3.8) is 0 Å². The summed E-state index contributed by atoms with van der Waals surface area (Å²) in [5.74, 6) is 0.0789. The van der Waals surface area contributed by atoms with Crippen LogP contribution >= 0.6 is 0 Å². The molecule has 0 spiro atoms. The number of benzene rings is 2. The smallest absolute Gasteiger partial charge is 0.343 e. The number of carbonyl (C=O) groups is 2. The molecule has 21 heavy (non-hydrogen) atoms. The number of fused-ring (bicyclic) bond motifs is 5. The van der Waals surface area contributed by atoms with Crippen LogP contribution in [0.25, 0.3) is 10.8 Å². The third-order valence-electron chi connectivity index (χ3n) is 3.91. The van der Waals surface area contributed by atoms with E-state index in [1.165, 1.54) is 0 Å². The zero-order valence-corrected chi connectivity index (χ0v) is 11.3. The van der Waals surface area contributed by atoms with Gasteiger partial charge in [-0.05, 0) is 23.8 Å². The van der Waals surface area contributed by atoms with Crippen LogP contribution in [0.15, 0.2) is 47.7 Å². The van der Waals surface area contributed by atoms with Gasteiger partial charge in [0.15, 0.2) is 0 Å². The number of nitrogens with one attached hydrogen (secondary N) is 2. The third kappa shape index (κ3) is 1.64. The molecule has 2 aliphatic rings. The van der Waals surface area contributed by atoms with Gasteiger partial charge in [-0.15, -0.1) is 0 Å². The summed E-state index contributed by atoms with van der Waals surface area (Å²) in [7, 11) is 0. The molecule has 2 amide bonds. The molecule has 2 aromatic rings. The summed E-state index contributed by atoms with van der Waals surface area (Å²) in [6, 6.07) is 10.7. The maximum absolute atomic E-state index is 12.2. The van der Waals surface area contributed by atoms with Gasteiger partial charge in [0, 0.05) is 11.3 Å². The van der Waals surface area contributed by atoms with Crippen LogP contribution in [-0.4, -0.2) is 12.0 Å². The minimum absolute atomic E-state index is 0.310. The normalized spacial score (nSPS) is 20.3. The number of hydrogen-bond acceptors (Lipinski definition) is 3. The van der Waals surface area contributed by atoms with Crippen LogP contribution < -0.4 is 15.4 Å².